The van der Waals surface area contributed by atoms with Gasteiger partial charge in [-0.3, -0.25) is 5.32 Å². The van der Waals surface area contributed by atoms with Gasteiger partial charge in [-0.05, 0) is 109 Å². The van der Waals surface area contributed by atoms with Crippen LogP contribution in [0.1, 0.15) is 113 Å². The number of fused-ring (bicyclic) bond motifs is 7. The second-order valence-corrected chi connectivity index (χ2v) is 15.5. The lowest BCUT2D eigenvalue weighted by Gasteiger charge is -2.71. The van der Waals surface area contributed by atoms with E-state index in [1.807, 2.05) is 0 Å². The molecule has 0 radical (unpaired) electrons. The molecule has 0 aromatic rings. The van der Waals surface area contributed by atoms with Gasteiger partial charge < -0.3 is 10.2 Å². The monoisotopic (exact) mass is 471 g/mol. The summed E-state index contributed by atoms with van der Waals surface area (Å²) < 4.78 is 0. The zero-order valence-corrected chi connectivity index (χ0v) is 23.3. The highest BCUT2D eigenvalue weighted by molar-refractivity contribution is 5.33. The largest absolute Gasteiger partial charge is 0.396 e. The normalized spacial score (nSPS) is 51.4. The Bertz CT molecular complexity index is 846. The summed E-state index contributed by atoms with van der Waals surface area (Å²) in [7, 11) is 0. The van der Waals surface area contributed by atoms with Crippen molar-refractivity contribution < 1.29 is 10.2 Å². The maximum Gasteiger partial charge on any atom is 0.0933 e. The molecule has 4 fully saturated rings. The van der Waals surface area contributed by atoms with Crippen molar-refractivity contribution in [2.24, 2.45) is 50.2 Å². The van der Waals surface area contributed by atoms with Crippen LogP contribution in [0.2, 0.25) is 0 Å². The average Bonchev–Trinajstić information content (AvgIpc) is 2.76. The minimum atomic E-state index is 0.0905. The summed E-state index contributed by atoms with van der Waals surface area (Å²) in [4.78, 5) is 0. The van der Waals surface area contributed by atoms with E-state index in [0.29, 0.717) is 40.7 Å². The Morgan fingerprint density at radius 3 is 2.24 bits per heavy atom. The van der Waals surface area contributed by atoms with Gasteiger partial charge in [0.15, 0.2) is 0 Å². The molecule has 0 spiro atoms. The lowest BCUT2D eigenvalue weighted by molar-refractivity contribution is -0.189. The van der Waals surface area contributed by atoms with E-state index in [1.54, 1.807) is 5.57 Å². The topological polar surface area (TPSA) is 52.5 Å². The molecule has 3 N–H and O–H groups in total. The van der Waals surface area contributed by atoms with E-state index in [-0.39, 0.29) is 23.0 Å². The molecule has 0 aromatic carbocycles. The van der Waals surface area contributed by atoms with Crippen LogP contribution >= 0.6 is 0 Å². The lowest BCUT2D eigenvalue weighted by atomic mass is 9.33. The fourth-order valence-electron chi connectivity index (χ4n) is 11.1. The Morgan fingerprint density at radius 2 is 1.56 bits per heavy atom. The molecule has 0 aliphatic heterocycles. The molecular formula is C31H53NO2. The molecule has 0 bridgehead atoms. The molecule has 0 amide bonds. The first-order valence-corrected chi connectivity index (χ1v) is 14.5. The van der Waals surface area contributed by atoms with E-state index in [4.69, 9.17) is 0 Å². The van der Waals surface area contributed by atoms with Crippen molar-refractivity contribution in [2.75, 3.05) is 13.3 Å². The van der Waals surface area contributed by atoms with Crippen molar-refractivity contribution in [3.63, 3.8) is 0 Å². The number of hydrogen-bond acceptors (Lipinski definition) is 3. The first kappa shape index (κ1) is 25.3. The molecule has 5 rings (SSSR count). The number of nitrogens with one attached hydrogen (secondary N) is 1. The molecule has 3 heteroatoms. The van der Waals surface area contributed by atoms with Crippen molar-refractivity contribution in [1.82, 2.24) is 5.32 Å². The average molecular weight is 472 g/mol. The predicted molar refractivity (Wildman–Crippen MR) is 140 cm³/mol. The number of allylic oxidation sites excluding steroid dienone is 2. The lowest BCUT2D eigenvalue weighted by Crippen LogP contribution is -2.66. The molecular weight excluding hydrogens is 418 g/mol. The van der Waals surface area contributed by atoms with E-state index >= 15 is 0 Å². The molecule has 0 aromatic heterocycles. The zero-order valence-electron chi connectivity index (χ0n) is 23.3. The summed E-state index contributed by atoms with van der Waals surface area (Å²) in [6, 6.07) is 0.412. The molecule has 0 heterocycles. The minimum absolute atomic E-state index is 0.0905. The Morgan fingerprint density at radius 1 is 0.853 bits per heavy atom. The van der Waals surface area contributed by atoms with Crippen LogP contribution in [0.25, 0.3) is 0 Å². The van der Waals surface area contributed by atoms with Crippen LogP contribution in [0, 0.1) is 50.2 Å². The first-order chi connectivity index (χ1) is 15.8. The van der Waals surface area contributed by atoms with Gasteiger partial charge in [0.25, 0.3) is 0 Å². The van der Waals surface area contributed by atoms with Gasteiger partial charge in [0.05, 0.1) is 6.73 Å². The summed E-state index contributed by atoms with van der Waals surface area (Å²) in [6.07, 6.45) is 15.2. The van der Waals surface area contributed by atoms with E-state index in [9.17, 15) is 10.2 Å². The molecule has 3 nitrogen and oxygen atoms in total. The van der Waals surface area contributed by atoms with Crippen LogP contribution in [0.5, 0.6) is 0 Å². The van der Waals surface area contributed by atoms with Crippen LogP contribution in [0.15, 0.2) is 11.6 Å². The highest BCUT2D eigenvalue weighted by Gasteiger charge is 2.68. The minimum Gasteiger partial charge on any atom is -0.396 e. The second-order valence-electron chi connectivity index (χ2n) is 15.5. The third-order valence-electron chi connectivity index (χ3n) is 13.5. The Kier molecular flexibility index (Phi) is 5.81. The standard InChI is InChI=1S/C31H53NO2/c1-26(2)14-16-31(19-33)17-15-29(6)21(22(31)18-26)8-9-24-28(5)12-11-25(32-20-34)27(3,4)23(28)10-13-30(24,29)7/h8,22-25,32-34H,9-20H2,1-7H3/t22-,23-,24+,25-,28-,29+,30+,31+/m0/s1. The van der Waals surface area contributed by atoms with E-state index in [1.165, 1.54) is 64.2 Å². The smallest absolute Gasteiger partial charge is 0.0933 e. The zero-order chi connectivity index (χ0) is 24.8. The van der Waals surface area contributed by atoms with Gasteiger partial charge in [-0.1, -0.05) is 60.1 Å². The fourth-order valence-corrected chi connectivity index (χ4v) is 11.1. The summed E-state index contributed by atoms with van der Waals surface area (Å²) >= 11 is 0. The van der Waals surface area contributed by atoms with Crippen molar-refractivity contribution in [3.8, 4) is 0 Å². The molecule has 4 saturated carbocycles. The summed E-state index contributed by atoms with van der Waals surface area (Å²) in [6.45, 7) is 18.3. The summed E-state index contributed by atoms with van der Waals surface area (Å²) in [5, 5.41) is 23.8. The number of rotatable bonds is 3. The van der Waals surface area contributed by atoms with Crippen LogP contribution in [-0.2, 0) is 0 Å². The van der Waals surface area contributed by atoms with E-state index in [2.05, 4.69) is 59.9 Å². The Labute approximate surface area is 209 Å². The molecule has 194 valence electrons. The maximum absolute atomic E-state index is 10.7. The third-order valence-corrected chi connectivity index (χ3v) is 13.5. The van der Waals surface area contributed by atoms with Crippen molar-refractivity contribution >= 4 is 0 Å². The van der Waals surface area contributed by atoms with Crippen molar-refractivity contribution in [3.05, 3.63) is 11.6 Å². The van der Waals surface area contributed by atoms with Crippen LogP contribution in [0.4, 0.5) is 0 Å². The highest BCUT2D eigenvalue weighted by Crippen LogP contribution is 2.75. The van der Waals surface area contributed by atoms with Gasteiger partial charge in [0.1, 0.15) is 0 Å². The van der Waals surface area contributed by atoms with Gasteiger partial charge in [0.2, 0.25) is 0 Å². The maximum atomic E-state index is 10.7. The van der Waals surface area contributed by atoms with Crippen molar-refractivity contribution in [1.29, 1.82) is 0 Å². The Hall–Kier alpha value is -0.380. The summed E-state index contributed by atoms with van der Waals surface area (Å²) in [5.41, 5.74) is 3.40. The molecule has 8 atom stereocenters. The van der Waals surface area contributed by atoms with E-state index in [0.717, 1.165) is 5.92 Å². The second kappa shape index (κ2) is 7.81. The van der Waals surface area contributed by atoms with Gasteiger partial charge in [0, 0.05) is 18.1 Å². The van der Waals surface area contributed by atoms with Gasteiger partial charge in [-0.2, -0.15) is 0 Å². The molecule has 5 aliphatic carbocycles. The first-order valence-electron chi connectivity index (χ1n) is 14.5. The molecule has 0 unspecified atom stereocenters. The van der Waals surface area contributed by atoms with Gasteiger partial charge in [-0.15, -0.1) is 0 Å². The molecule has 34 heavy (non-hydrogen) atoms. The third kappa shape index (κ3) is 3.18. The van der Waals surface area contributed by atoms with Gasteiger partial charge >= 0.3 is 0 Å². The number of hydrogen-bond donors (Lipinski definition) is 3. The summed E-state index contributed by atoms with van der Waals surface area (Å²) in [5.74, 6) is 1.98. The predicted octanol–water partition coefficient (Wildman–Crippen LogP) is 6.69. The molecule has 0 saturated heterocycles. The van der Waals surface area contributed by atoms with Crippen LogP contribution in [-0.4, -0.2) is 29.6 Å². The van der Waals surface area contributed by atoms with E-state index < -0.39 is 0 Å². The number of aliphatic hydroxyl groups excluding tert-OH is 2. The fraction of sp³-hybridized carbons (Fsp3) is 0.935. The van der Waals surface area contributed by atoms with Crippen LogP contribution < -0.4 is 5.32 Å². The Balaban J connectivity index is 1.54. The SMILES string of the molecule is CC1(C)CC[C@]2(CO)CC[C@]3(C)C(=CC[C@@H]4[C@@]5(C)CC[C@H](NCO)C(C)(C)[C@@H]5CC[C@]43C)[C@@H]2C1. The quantitative estimate of drug-likeness (QED) is 0.317. The van der Waals surface area contributed by atoms with Crippen LogP contribution in [0.3, 0.4) is 0 Å². The highest BCUT2D eigenvalue weighted by atomic mass is 16.3. The van der Waals surface area contributed by atoms with Crippen molar-refractivity contribution in [2.45, 2.75) is 119 Å². The number of aliphatic hydroxyl groups is 2. The van der Waals surface area contributed by atoms with Gasteiger partial charge in [-0.25, -0.2) is 0 Å². The molecule has 5 aliphatic rings.